The number of methoxy groups -OCH3 is 1. The molecular weight excluding hydrogens is 288 g/mol. The zero-order chi connectivity index (χ0) is 15.6. The summed E-state index contributed by atoms with van der Waals surface area (Å²) in [4.78, 5) is 15.6. The van der Waals surface area contributed by atoms with Crippen LogP contribution in [0.25, 0.3) is 0 Å². The molecule has 0 amide bonds. The number of anilines is 2. The van der Waals surface area contributed by atoms with Crippen molar-refractivity contribution in [2.75, 3.05) is 12.4 Å². The number of aliphatic carboxylic acids is 1. The van der Waals surface area contributed by atoms with E-state index in [-0.39, 0.29) is 0 Å². The average molecular weight is 306 g/mol. The fraction of sp³-hybridized carbons (Fsp3) is 0.333. The fourth-order valence-corrected chi connectivity index (χ4v) is 2.65. The molecule has 0 bridgehead atoms. The van der Waals surface area contributed by atoms with E-state index in [1.54, 1.807) is 26.3 Å². The van der Waals surface area contributed by atoms with Gasteiger partial charge < -0.3 is 15.2 Å². The topological polar surface area (TPSA) is 71.5 Å². The Morgan fingerprint density at radius 2 is 2.14 bits per heavy atom. The van der Waals surface area contributed by atoms with E-state index in [0.29, 0.717) is 10.8 Å². The molecule has 0 fully saturated rings. The third kappa shape index (κ3) is 3.16. The lowest BCUT2D eigenvalue weighted by Gasteiger charge is -2.15. The third-order valence-corrected chi connectivity index (χ3v) is 4.03. The van der Waals surface area contributed by atoms with Crippen LogP contribution in [0.1, 0.15) is 25.1 Å². The number of ether oxygens (including phenoxy) is 1. The van der Waals surface area contributed by atoms with E-state index in [1.165, 1.54) is 11.3 Å². The summed E-state index contributed by atoms with van der Waals surface area (Å²) in [5.74, 6) is -0.178. The summed E-state index contributed by atoms with van der Waals surface area (Å²) in [5.41, 5.74) is 1.44. The maximum absolute atomic E-state index is 11.3. The van der Waals surface area contributed by atoms with Crippen LogP contribution in [0.3, 0.4) is 0 Å². The van der Waals surface area contributed by atoms with Crippen LogP contribution in [0, 0.1) is 6.92 Å². The highest BCUT2D eigenvalue weighted by atomic mass is 32.1. The summed E-state index contributed by atoms with van der Waals surface area (Å²) < 4.78 is 5.31. The number of rotatable bonds is 5. The van der Waals surface area contributed by atoms with E-state index in [4.69, 9.17) is 4.74 Å². The van der Waals surface area contributed by atoms with Gasteiger partial charge in [-0.1, -0.05) is 6.07 Å². The number of carboxylic acid groups (broad SMARTS) is 1. The summed E-state index contributed by atoms with van der Waals surface area (Å²) in [5, 5.41) is 14.8. The summed E-state index contributed by atoms with van der Waals surface area (Å²) >= 11 is 1.37. The number of carbonyl (C=O) groups is 1. The molecule has 0 saturated heterocycles. The monoisotopic (exact) mass is 306 g/mol. The van der Waals surface area contributed by atoms with Gasteiger partial charge in [-0.2, -0.15) is 0 Å². The number of benzene rings is 1. The molecule has 112 valence electrons. The highest BCUT2D eigenvalue weighted by Gasteiger charge is 2.32. The Morgan fingerprint density at radius 1 is 1.43 bits per heavy atom. The molecule has 0 saturated carbocycles. The van der Waals surface area contributed by atoms with Crippen molar-refractivity contribution < 1.29 is 14.6 Å². The molecule has 5 nitrogen and oxygen atoms in total. The number of hydrogen-bond donors (Lipinski definition) is 2. The summed E-state index contributed by atoms with van der Waals surface area (Å²) in [6.07, 6.45) is 0. The Morgan fingerprint density at radius 3 is 2.76 bits per heavy atom. The molecule has 0 aliphatic carbocycles. The van der Waals surface area contributed by atoms with E-state index in [2.05, 4.69) is 10.3 Å². The highest BCUT2D eigenvalue weighted by molar-refractivity contribution is 7.13. The van der Waals surface area contributed by atoms with Gasteiger partial charge in [0, 0.05) is 5.38 Å². The van der Waals surface area contributed by atoms with Crippen LogP contribution in [0.5, 0.6) is 5.75 Å². The van der Waals surface area contributed by atoms with Crippen molar-refractivity contribution >= 4 is 28.1 Å². The molecule has 0 aliphatic heterocycles. The molecule has 0 atom stereocenters. The molecule has 0 radical (unpaired) electrons. The SMILES string of the molecule is COc1ccc(C)cc1Nc1nc(C(C)(C)C(=O)O)cs1. The number of nitrogens with one attached hydrogen (secondary N) is 1. The molecular formula is C15H18N2O3S. The second-order valence-corrected chi connectivity index (χ2v) is 6.15. The molecule has 1 aromatic carbocycles. The number of aryl methyl sites for hydroxylation is 1. The van der Waals surface area contributed by atoms with E-state index < -0.39 is 11.4 Å². The minimum absolute atomic E-state index is 0.536. The van der Waals surface area contributed by atoms with Gasteiger partial charge >= 0.3 is 5.97 Å². The van der Waals surface area contributed by atoms with Gasteiger partial charge in [-0.05, 0) is 38.5 Å². The van der Waals surface area contributed by atoms with Gasteiger partial charge in [0.2, 0.25) is 0 Å². The van der Waals surface area contributed by atoms with Crippen LogP contribution in [0.15, 0.2) is 23.6 Å². The summed E-state index contributed by atoms with van der Waals surface area (Å²) in [6.45, 7) is 5.27. The lowest BCUT2D eigenvalue weighted by atomic mass is 9.90. The Balaban J connectivity index is 2.28. The van der Waals surface area contributed by atoms with Gasteiger partial charge in [-0.15, -0.1) is 11.3 Å². The number of carboxylic acids is 1. The molecule has 0 unspecified atom stereocenters. The Bertz CT molecular complexity index is 665. The van der Waals surface area contributed by atoms with Crippen molar-refractivity contribution in [3.05, 3.63) is 34.8 Å². The fourth-order valence-electron chi connectivity index (χ4n) is 1.76. The first kappa shape index (κ1) is 15.3. The molecule has 6 heteroatoms. The summed E-state index contributed by atoms with van der Waals surface area (Å²) in [6, 6.07) is 5.81. The molecule has 0 aliphatic rings. The zero-order valence-electron chi connectivity index (χ0n) is 12.4. The molecule has 0 spiro atoms. The quantitative estimate of drug-likeness (QED) is 0.883. The van der Waals surface area contributed by atoms with Crippen LogP contribution in [-0.2, 0) is 10.2 Å². The molecule has 1 heterocycles. The van der Waals surface area contributed by atoms with E-state index in [1.807, 2.05) is 25.1 Å². The van der Waals surface area contributed by atoms with Gasteiger partial charge in [-0.25, -0.2) is 4.98 Å². The lowest BCUT2D eigenvalue weighted by Crippen LogP contribution is -2.28. The van der Waals surface area contributed by atoms with Crippen molar-refractivity contribution in [3.8, 4) is 5.75 Å². The summed E-state index contributed by atoms with van der Waals surface area (Å²) in [7, 11) is 1.61. The molecule has 21 heavy (non-hydrogen) atoms. The van der Waals surface area contributed by atoms with Crippen molar-refractivity contribution in [1.29, 1.82) is 0 Å². The van der Waals surface area contributed by atoms with Gasteiger partial charge in [0.1, 0.15) is 11.2 Å². The van der Waals surface area contributed by atoms with Gasteiger partial charge in [0.15, 0.2) is 5.13 Å². The second-order valence-electron chi connectivity index (χ2n) is 5.30. The normalized spacial score (nSPS) is 11.2. The molecule has 2 aromatic rings. The molecule has 1 aromatic heterocycles. The number of nitrogens with zero attached hydrogens (tertiary/aromatic N) is 1. The Labute approximate surface area is 127 Å². The lowest BCUT2D eigenvalue weighted by molar-refractivity contribution is -0.142. The maximum atomic E-state index is 11.3. The van der Waals surface area contributed by atoms with Crippen molar-refractivity contribution in [1.82, 2.24) is 4.98 Å². The average Bonchev–Trinajstić information content (AvgIpc) is 2.88. The van der Waals surface area contributed by atoms with Gasteiger partial charge in [-0.3, -0.25) is 4.79 Å². The number of aromatic nitrogens is 1. The minimum Gasteiger partial charge on any atom is -0.495 e. The van der Waals surface area contributed by atoms with Crippen LogP contribution < -0.4 is 10.1 Å². The largest absolute Gasteiger partial charge is 0.495 e. The maximum Gasteiger partial charge on any atom is 0.315 e. The van der Waals surface area contributed by atoms with Crippen molar-refractivity contribution in [2.45, 2.75) is 26.2 Å². The van der Waals surface area contributed by atoms with E-state index >= 15 is 0 Å². The first-order valence-electron chi connectivity index (χ1n) is 6.45. The first-order valence-corrected chi connectivity index (χ1v) is 7.33. The van der Waals surface area contributed by atoms with Crippen molar-refractivity contribution in [2.24, 2.45) is 0 Å². The highest BCUT2D eigenvalue weighted by Crippen LogP contribution is 2.32. The second kappa shape index (κ2) is 5.73. The Kier molecular flexibility index (Phi) is 4.18. The standard InChI is InChI=1S/C15H18N2O3S/c1-9-5-6-11(20-4)10(7-9)16-14-17-12(8-21-14)15(2,3)13(18)19/h5-8H,1-4H3,(H,16,17)(H,18,19). The smallest absolute Gasteiger partial charge is 0.315 e. The van der Waals surface area contributed by atoms with E-state index in [0.717, 1.165) is 17.0 Å². The third-order valence-electron chi connectivity index (χ3n) is 3.28. The predicted octanol–water partition coefficient (Wildman–Crippen LogP) is 3.57. The zero-order valence-corrected chi connectivity index (χ0v) is 13.2. The van der Waals surface area contributed by atoms with Crippen LogP contribution in [-0.4, -0.2) is 23.2 Å². The predicted molar refractivity (Wildman–Crippen MR) is 83.8 cm³/mol. The van der Waals surface area contributed by atoms with Crippen LogP contribution >= 0.6 is 11.3 Å². The first-order chi connectivity index (χ1) is 9.84. The van der Waals surface area contributed by atoms with Crippen LogP contribution in [0.2, 0.25) is 0 Å². The van der Waals surface area contributed by atoms with Gasteiger partial charge in [0.05, 0.1) is 18.5 Å². The molecule has 2 N–H and O–H groups in total. The Hall–Kier alpha value is -2.08. The number of thiazole rings is 1. The van der Waals surface area contributed by atoms with Crippen LogP contribution in [0.4, 0.5) is 10.8 Å². The minimum atomic E-state index is -1.01. The van der Waals surface area contributed by atoms with Gasteiger partial charge in [0.25, 0.3) is 0 Å². The molecule has 2 rings (SSSR count). The van der Waals surface area contributed by atoms with Crippen molar-refractivity contribution in [3.63, 3.8) is 0 Å². The number of hydrogen-bond acceptors (Lipinski definition) is 5. The van der Waals surface area contributed by atoms with E-state index in [9.17, 15) is 9.90 Å².